The molecule has 0 radical (unpaired) electrons. The van der Waals surface area contributed by atoms with Gasteiger partial charge in [0, 0.05) is 25.7 Å². The number of fused-ring (bicyclic) bond motifs is 1. The zero-order valence-electron chi connectivity index (χ0n) is 15.2. The quantitative estimate of drug-likeness (QED) is 0.804. The van der Waals surface area contributed by atoms with Crippen LogP contribution < -0.4 is 5.32 Å². The van der Waals surface area contributed by atoms with Crippen LogP contribution in [-0.2, 0) is 25.8 Å². The van der Waals surface area contributed by atoms with Crippen molar-refractivity contribution in [3.8, 4) is 0 Å². The molecule has 2 heteroatoms. The van der Waals surface area contributed by atoms with Crippen molar-refractivity contribution in [2.24, 2.45) is 0 Å². The summed E-state index contributed by atoms with van der Waals surface area (Å²) in [5.41, 5.74) is 6.01. The highest BCUT2D eigenvalue weighted by Gasteiger charge is 2.26. The van der Waals surface area contributed by atoms with Gasteiger partial charge >= 0.3 is 0 Å². The molecule has 0 saturated heterocycles. The van der Waals surface area contributed by atoms with E-state index in [1.54, 1.807) is 11.1 Å². The standard InChI is InChI=1S/C23H30N2/c1-2-5-19(6-3-1)11-14-24-18-20-9-10-21-12-15-25(23-7-4-8-23)16-13-22(21)17-20/h1-3,5-6,9-10,17,23-24H,4,7-8,11-16,18H2. The Kier molecular flexibility index (Phi) is 5.49. The zero-order chi connectivity index (χ0) is 16.9. The Hall–Kier alpha value is -1.64. The summed E-state index contributed by atoms with van der Waals surface area (Å²) >= 11 is 0. The molecule has 132 valence electrons. The molecule has 0 amide bonds. The van der Waals surface area contributed by atoms with Crippen LogP contribution >= 0.6 is 0 Å². The molecular formula is C23H30N2. The Balaban J connectivity index is 1.28. The zero-order valence-corrected chi connectivity index (χ0v) is 15.2. The molecular weight excluding hydrogens is 304 g/mol. The number of benzene rings is 2. The van der Waals surface area contributed by atoms with Crippen molar-refractivity contribution in [1.29, 1.82) is 0 Å². The predicted octanol–water partition coefficient (Wildman–Crippen LogP) is 3.97. The summed E-state index contributed by atoms with van der Waals surface area (Å²) in [5, 5.41) is 3.61. The maximum absolute atomic E-state index is 3.61. The minimum absolute atomic E-state index is 0.883. The van der Waals surface area contributed by atoms with Crippen LogP contribution in [0.3, 0.4) is 0 Å². The van der Waals surface area contributed by atoms with Crippen LogP contribution in [0.4, 0.5) is 0 Å². The summed E-state index contributed by atoms with van der Waals surface area (Å²) < 4.78 is 0. The predicted molar refractivity (Wildman–Crippen MR) is 105 cm³/mol. The lowest BCUT2D eigenvalue weighted by molar-refractivity contribution is 0.133. The Bertz CT molecular complexity index is 676. The maximum Gasteiger partial charge on any atom is 0.0205 e. The van der Waals surface area contributed by atoms with Crippen LogP contribution in [-0.4, -0.2) is 30.6 Å². The highest BCUT2D eigenvalue weighted by Crippen LogP contribution is 2.27. The Morgan fingerprint density at radius 2 is 1.68 bits per heavy atom. The fraction of sp³-hybridized carbons (Fsp3) is 0.478. The second-order valence-electron chi connectivity index (χ2n) is 7.64. The van der Waals surface area contributed by atoms with Crippen molar-refractivity contribution in [2.45, 2.75) is 51.1 Å². The Morgan fingerprint density at radius 1 is 0.880 bits per heavy atom. The summed E-state index contributed by atoms with van der Waals surface area (Å²) in [5.74, 6) is 0. The topological polar surface area (TPSA) is 15.3 Å². The third-order valence-electron chi connectivity index (χ3n) is 5.96. The van der Waals surface area contributed by atoms with Gasteiger partial charge in [0.15, 0.2) is 0 Å². The van der Waals surface area contributed by atoms with Gasteiger partial charge in [-0.3, -0.25) is 4.90 Å². The van der Waals surface area contributed by atoms with E-state index in [0.29, 0.717) is 0 Å². The monoisotopic (exact) mass is 334 g/mol. The molecule has 1 N–H and O–H groups in total. The molecule has 0 atom stereocenters. The molecule has 0 bridgehead atoms. The summed E-state index contributed by atoms with van der Waals surface area (Å²) in [6.45, 7) is 4.53. The lowest BCUT2D eigenvalue weighted by Gasteiger charge is -2.36. The van der Waals surface area contributed by atoms with Crippen molar-refractivity contribution >= 4 is 0 Å². The van der Waals surface area contributed by atoms with Crippen molar-refractivity contribution < 1.29 is 0 Å². The molecule has 2 nitrogen and oxygen atoms in total. The van der Waals surface area contributed by atoms with Gasteiger partial charge < -0.3 is 5.32 Å². The van der Waals surface area contributed by atoms with Gasteiger partial charge in [-0.25, -0.2) is 0 Å². The SMILES string of the molecule is c1ccc(CCNCc2ccc3c(c2)CCN(C2CCC2)CC3)cc1. The Labute approximate surface area is 152 Å². The summed E-state index contributed by atoms with van der Waals surface area (Å²) in [6.07, 6.45) is 7.84. The van der Waals surface area contributed by atoms with Crippen molar-refractivity contribution in [3.63, 3.8) is 0 Å². The lowest BCUT2D eigenvalue weighted by atomic mass is 9.91. The first-order chi connectivity index (χ1) is 12.4. The van der Waals surface area contributed by atoms with Gasteiger partial charge in [-0.15, -0.1) is 0 Å². The van der Waals surface area contributed by atoms with Crippen LogP contribution in [0.5, 0.6) is 0 Å². The van der Waals surface area contributed by atoms with E-state index in [1.165, 1.54) is 56.3 Å². The number of hydrogen-bond acceptors (Lipinski definition) is 2. The van der Waals surface area contributed by atoms with E-state index in [-0.39, 0.29) is 0 Å². The number of nitrogens with one attached hydrogen (secondary N) is 1. The van der Waals surface area contributed by atoms with Gasteiger partial charge in [0.1, 0.15) is 0 Å². The largest absolute Gasteiger partial charge is 0.312 e. The van der Waals surface area contributed by atoms with E-state index in [2.05, 4.69) is 58.7 Å². The number of rotatable bonds is 6. The van der Waals surface area contributed by atoms with E-state index in [4.69, 9.17) is 0 Å². The summed E-state index contributed by atoms with van der Waals surface area (Å²) in [4.78, 5) is 2.74. The average molecular weight is 335 g/mol. The first kappa shape index (κ1) is 16.8. The first-order valence-corrected chi connectivity index (χ1v) is 9.98. The molecule has 2 aromatic rings. The lowest BCUT2D eigenvalue weighted by Crippen LogP contribution is -2.41. The van der Waals surface area contributed by atoms with Gasteiger partial charge in [-0.05, 0) is 60.9 Å². The summed E-state index contributed by atoms with van der Waals surface area (Å²) in [7, 11) is 0. The smallest absolute Gasteiger partial charge is 0.0205 e. The van der Waals surface area contributed by atoms with Crippen LogP contribution in [0.1, 0.15) is 41.5 Å². The Morgan fingerprint density at radius 3 is 2.44 bits per heavy atom. The van der Waals surface area contributed by atoms with E-state index >= 15 is 0 Å². The molecule has 1 heterocycles. The normalized spacial score (nSPS) is 18.4. The fourth-order valence-corrected chi connectivity index (χ4v) is 4.13. The van der Waals surface area contributed by atoms with Crippen LogP contribution in [0.25, 0.3) is 0 Å². The van der Waals surface area contributed by atoms with Crippen LogP contribution in [0.15, 0.2) is 48.5 Å². The summed E-state index contributed by atoms with van der Waals surface area (Å²) in [6, 6.07) is 18.8. The van der Waals surface area contributed by atoms with Crippen molar-refractivity contribution in [2.75, 3.05) is 19.6 Å². The van der Waals surface area contributed by atoms with Gasteiger partial charge in [0.25, 0.3) is 0 Å². The molecule has 1 aliphatic heterocycles. The van der Waals surface area contributed by atoms with Crippen molar-refractivity contribution in [3.05, 3.63) is 70.8 Å². The van der Waals surface area contributed by atoms with E-state index in [1.807, 2.05) is 0 Å². The minimum Gasteiger partial charge on any atom is -0.312 e. The highest BCUT2D eigenvalue weighted by molar-refractivity contribution is 5.33. The van der Waals surface area contributed by atoms with Gasteiger partial charge in [-0.1, -0.05) is 55.0 Å². The molecule has 1 fully saturated rings. The van der Waals surface area contributed by atoms with E-state index in [0.717, 1.165) is 25.6 Å². The molecule has 25 heavy (non-hydrogen) atoms. The van der Waals surface area contributed by atoms with Crippen molar-refractivity contribution in [1.82, 2.24) is 10.2 Å². The molecule has 0 unspecified atom stereocenters. The van der Waals surface area contributed by atoms with Crippen LogP contribution in [0.2, 0.25) is 0 Å². The molecule has 2 aliphatic rings. The molecule has 2 aromatic carbocycles. The second-order valence-corrected chi connectivity index (χ2v) is 7.64. The maximum atomic E-state index is 3.61. The number of hydrogen-bond donors (Lipinski definition) is 1. The van der Waals surface area contributed by atoms with Gasteiger partial charge in [-0.2, -0.15) is 0 Å². The highest BCUT2D eigenvalue weighted by atomic mass is 15.2. The van der Waals surface area contributed by atoms with E-state index < -0.39 is 0 Å². The third-order valence-corrected chi connectivity index (χ3v) is 5.96. The molecule has 4 rings (SSSR count). The molecule has 0 aromatic heterocycles. The molecule has 1 saturated carbocycles. The average Bonchev–Trinajstić information content (AvgIpc) is 2.81. The van der Waals surface area contributed by atoms with Gasteiger partial charge in [0.05, 0.1) is 0 Å². The molecule has 1 aliphatic carbocycles. The minimum atomic E-state index is 0.883. The fourth-order valence-electron chi connectivity index (χ4n) is 4.13. The first-order valence-electron chi connectivity index (χ1n) is 9.98. The number of nitrogens with zero attached hydrogens (tertiary/aromatic N) is 1. The van der Waals surface area contributed by atoms with Gasteiger partial charge in [0.2, 0.25) is 0 Å². The molecule has 0 spiro atoms. The third kappa shape index (κ3) is 4.31. The van der Waals surface area contributed by atoms with Crippen LogP contribution in [0, 0.1) is 0 Å². The second kappa shape index (κ2) is 8.16. The van der Waals surface area contributed by atoms with E-state index in [9.17, 15) is 0 Å².